The summed E-state index contributed by atoms with van der Waals surface area (Å²) in [7, 11) is 0. The highest BCUT2D eigenvalue weighted by Crippen LogP contribution is 2.38. The topological polar surface area (TPSA) is 132 Å². The Labute approximate surface area is 178 Å². The van der Waals surface area contributed by atoms with Crippen molar-refractivity contribution in [2.24, 2.45) is 0 Å². The maximum atomic E-state index is 11.8. The van der Waals surface area contributed by atoms with Crippen LogP contribution in [-0.4, -0.2) is 61.2 Å². The molecule has 10 heteroatoms. The molecule has 0 unspecified atom stereocenters. The molecule has 1 aliphatic heterocycles. The highest BCUT2D eigenvalue weighted by atomic mass is 16.7. The molecule has 1 fully saturated rings. The molecule has 0 saturated carbocycles. The number of hydrogen-bond donors (Lipinski definition) is 0. The van der Waals surface area contributed by atoms with E-state index in [2.05, 4.69) is 0 Å². The quantitative estimate of drug-likeness (QED) is 0.350. The molecule has 1 aromatic rings. The number of rotatable bonds is 7. The fraction of sp³-hybridized carbons (Fsp3) is 0.476. The molecule has 0 spiro atoms. The average molecular weight is 436 g/mol. The second-order valence-electron chi connectivity index (χ2n) is 6.87. The van der Waals surface area contributed by atoms with Crippen LogP contribution in [0, 0.1) is 0 Å². The smallest absolute Gasteiger partial charge is 0.303 e. The molecule has 31 heavy (non-hydrogen) atoms. The number of aldehydes is 1. The van der Waals surface area contributed by atoms with Crippen LogP contribution in [-0.2, 0) is 42.9 Å². The number of hydrogen-bond acceptors (Lipinski definition) is 10. The van der Waals surface area contributed by atoms with E-state index in [1.807, 2.05) is 0 Å². The normalized spacial score (nSPS) is 25.1. The lowest BCUT2D eigenvalue weighted by Gasteiger charge is -2.44. The molecule has 1 heterocycles. The van der Waals surface area contributed by atoms with Crippen LogP contribution >= 0.6 is 0 Å². The largest absolute Gasteiger partial charge is 0.463 e. The van der Waals surface area contributed by atoms with Gasteiger partial charge in [-0.3, -0.25) is 24.0 Å². The fourth-order valence-corrected chi connectivity index (χ4v) is 3.36. The summed E-state index contributed by atoms with van der Waals surface area (Å²) in [5.41, 5.74) is 0.610. The second-order valence-corrected chi connectivity index (χ2v) is 6.87. The van der Waals surface area contributed by atoms with Gasteiger partial charge in [-0.2, -0.15) is 0 Å². The summed E-state index contributed by atoms with van der Waals surface area (Å²) >= 11 is 0. The third kappa shape index (κ3) is 6.35. The minimum absolute atomic E-state index is 0.253. The first-order valence-electron chi connectivity index (χ1n) is 9.48. The lowest BCUT2D eigenvalue weighted by atomic mass is 9.88. The Balaban J connectivity index is 2.59. The van der Waals surface area contributed by atoms with E-state index in [9.17, 15) is 24.0 Å². The zero-order valence-electron chi connectivity index (χ0n) is 17.6. The van der Waals surface area contributed by atoms with E-state index in [4.69, 9.17) is 23.7 Å². The Bertz CT molecular complexity index is 848. The van der Waals surface area contributed by atoms with Gasteiger partial charge in [-0.1, -0.05) is 24.3 Å². The predicted octanol–water partition coefficient (Wildman–Crippen LogP) is 1.30. The highest BCUT2D eigenvalue weighted by Gasteiger charge is 2.52. The predicted molar refractivity (Wildman–Crippen MR) is 103 cm³/mol. The summed E-state index contributed by atoms with van der Waals surface area (Å²) in [5.74, 6) is -2.76. The first kappa shape index (κ1) is 24.0. The van der Waals surface area contributed by atoms with Crippen LogP contribution in [0.3, 0.4) is 0 Å². The Morgan fingerprint density at radius 3 is 1.94 bits per heavy atom. The Morgan fingerprint density at radius 2 is 1.39 bits per heavy atom. The molecule has 1 aliphatic rings. The van der Waals surface area contributed by atoms with Gasteiger partial charge in [-0.05, 0) is 5.56 Å². The van der Waals surface area contributed by atoms with Gasteiger partial charge in [0.25, 0.3) is 0 Å². The Hall–Kier alpha value is -3.27. The molecule has 2 rings (SSSR count). The summed E-state index contributed by atoms with van der Waals surface area (Å²) < 4.78 is 27.1. The van der Waals surface area contributed by atoms with Crippen molar-refractivity contribution in [1.29, 1.82) is 0 Å². The van der Waals surface area contributed by atoms with Crippen LogP contribution in [0.2, 0.25) is 0 Å². The first-order chi connectivity index (χ1) is 14.6. The fourth-order valence-electron chi connectivity index (χ4n) is 3.36. The van der Waals surface area contributed by atoms with Gasteiger partial charge in [-0.25, -0.2) is 0 Å². The van der Waals surface area contributed by atoms with Gasteiger partial charge in [-0.15, -0.1) is 0 Å². The molecule has 168 valence electrons. The highest BCUT2D eigenvalue weighted by molar-refractivity contribution is 5.77. The van der Waals surface area contributed by atoms with E-state index >= 15 is 0 Å². The lowest BCUT2D eigenvalue weighted by Crippen LogP contribution is -2.59. The van der Waals surface area contributed by atoms with Crippen LogP contribution < -0.4 is 0 Å². The second kappa shape index (κ2) is 10.7. The third-order valence-corrected chi connectivity index (χ3v) is 4.42. The van der Waals surface area contributed by atoms with Crippen LogP contribution in [0.15, 0.2) is 24.3 Å². The molecular formula is C21H24O10. The minimum Gasteiger partial charge on any atom is -0.463 e. The summed E-state index contributed by atoms with van der Waals surface area (Å²) in [6.07, 6.45) is -5.34. The van der Waals surface area contributed by atoms with E-state index in [1.54, 1.807) is 18.2 Å². The molecule has 1 aromatic carbocycles. The van der Waals surface area contributed by atoms with Crippen molar-refractivity contribution in [2.45, 2.75) is 58.2 Å². The third-order valence-electron chi connectivity index (χ3n) is 4.42. The summed E-state index contributed by atoms with van der Waals surface area (Å²) in [6.45, 7) is 4.29. The molecule has 0 aromatic heterocycles. The summed E-state index contributed by atoms with van der Waals surface area (Å²) in [5, 5.41) is 0. The number of benzene rings is 1. The van der Waals surface area contributed by atoms with Crippen molar-refractivity contribution in [1.82, 2.24) is 0 Å². The monoisotopic (exact) mass is 436 g/mol. The number of carbonyl (C=O) groups is 5. The molecule has 0 bridgehead atoms. The van der Waals surface area contributed by atoms with Gasteiger partial charge in [0.05, 0.1) is 0 Å². The Morgan fingerprint density at radius 1 is 0.839 bits per heavy atom. The standard InChI is InChI=1S/C21H24O10/c1-11(23)27-10-17-19(28-12(2)24)21(30-14(4)26)20(29-13(3)25)18(31-17)16-8-6-5-7-15(16)9-22/h5-9,17-21H,10H2,1-4H3/t17-,18-,19-,20-,21+/m1/s1. The Kier molecular flexibility index (Phi) is 8.26. The molecule has 0 N–H and O–H groups in total. The van der Waals surface area contributed by atoms with Gasteiger partial charge in [0.1, 0.15) is 25.1 Å². The van der Waals surface area contributed by atoms with Crippen LogP contribution in [0.1, 0.15) is 49.7 Å². The molecule has 10 nitrogen and oxygen atoms in total. The number of esters is 4. The number of ether oxygens (including phenoxy) is 5. The van der Waals surface area contributed by atoms with Gasteiger partial charge in [0, 0.05) is 33.3 Å². The van der Waals surface area contributed by atoms with Crippen molar-refractivity contribution in [3.05, 3.63) is 35.4 Å². The van der Waals surface area contributed by atoms with E-state index in [-0.39, 0.29) is 12.2 Å². The van der Waals surface area contributed by atoms with Crippen molar-refractivity contribution in [2.75, 3.05) is 6.61 Å². The van der Waals surface area contributed by atoms with Crippen molar-refractivity contribution in [3.63, 3.8) is 0 Å². The lowest BCUT2D eigenvalue weighted by molar-refractivity contribution is -0.254. The van der Waals surface area contributed by atoms with Gasteiger partial charge in [0.15, 0.2) is 18.3 Å². The van der Waals surface area contributed by atoms with Crippen LogP contribution in [0.4, 0.5) is 0 Å². The van der Waals surface area contributed by atoms with Crippen molar-refractivity contribution in [3.8, 4) is 0 Å². The van der Waals surface area contributed by atoms with Gasteiger partial charge >= 0.3 is 23.9 Å². The number of carbonyl (C=O) groups excluding carboxylic acids is 5. The molecule has 5 atom stereocenters. The van der Waals surface area contributed by atoms with E-state index in [1.165, 1.54) is 13.0 Å². The summed E-state index contributed by atoms with van der Waals surface area (Å²) in [6, 6.07) is 6.41. The minimum atomic E-state index is -1.29. The summed E-state index contributed by atoms with van der Waals surface area (Å²) in [4.78, 5) is 58.3. The van der Waals surface area contributed by atoms with E-state index in [0.717, 1.165) is 20.8 Å². The molecule has 0 aliphatic carbocycles. The maximum Gasteiger partial charge on any atom is 0.303 e. The molecular weight excluding hydrogens is 412 g/mol. The van der Waals surface area contributed by atoms with Gasteiger partial charge < -0.3 is 23.7 Å². The van der Waals surface area contributed by atoms with Gasteiger partial charge in [0.2, 0.25) is 0 Å². The maximum absolute atomic E-state index is 11.8. The zero-order chi connectivity index (χ0) is 23.1. The van der Waals surface area contributed by atoms with E-state index < -0.39 is 54.4 Å². The first-order valence-corrected chi connectivity index (χ1v) is 9.48. The van der Waals surface area contributed by atoms with Crippen LogP contribution in [0.25, 0.3) is 0 Å². The van der Waals surface area contributed by atoms with E-state index in [0.29, 0.717) is 11.8 Å². The zero-order valence-corrected chi connectivity index (χ0v) is 17.6. The SMILES string of the molecule is CC(=O)OC[C@H]1O[C@H](c2ccccc2C=O)[C@@H](OC(C)=O)[C@@H](OC(C)=O)[C@@H]1OC(C)=O. The molecule has 0 amide bonds. The average Bonchev–Trinajstić information content (AvgIpc) is 2.68. The van der Waals surface area contributed by atoms with Crippen LogP contribution in [0.5, 0.6) is 0 Å². The molecule has 1 saturated heterocycles. The van der Waals surface area contributed by atoms with Crippen molar-refractivity contribution < 1.29 is 47.7 Å². The van der Waals surface area contributed by atoms with Crippen molar-refractivity contribution >= 4 is 30.2 Å². The molecule has 0 radical (unpaired) electrons.